The molecule has 14 heteroatoms. The number of esters is 1. The minimum Gasteiger partial charge on any atom is -0.462 e. The highest BCUT2D eigenvalue weighted by Gasteiger charge is 2.33. The van der Waals surface area contributed by atoms with Crippen molar-refractivity contribution in [3.05, 3.63) is 51.2 Å². The van der Waals surface area contributed by atoms with Crippen molar-refractivity contribution in [1.82, 2.24) is 4.68 Å². The third kappa shape index (κ3) is 5.62. The Labute approximate surface area is 195 Å². The SMILES string of the molecule is CCOC(=O)c1c(C#N)c(NS(=O)(=O)c2ccccc2[N+](=O)[O-])n(NC(=O)OC(C)(C)C)c1C. The molecule has 2 rings (SSSR count). The molecule has 1 heterocycles. The van der Waals surface area contributed by atoms with Gasteiger partial charge in [0.1, 0.15) is 22.8 Å². The van der Waals surface area contributed by atoms with Crippen LogP contribution in [0.1, 0.15) is 49.3 Å². The summed E-state index contributed by atoms with van der Waals surface area (Å²) in [4.78, 5) is 34.7. The second-order valence-corrected chi connectivity index (χ2v) is 9.45. The number of sulfonamides is 1. The van der Waals surface area contributed by atoms with Crippen LogP contribution in [0.5, 0.6) is 0 Å². The molecule has 0 unspecified atom stereocenters. The van der Waals surface area contributed by atoms with Gasteiger partial charge in [0, 0.05) is 6.07 Å². The summed E-state index contributed by atoms with van der Waals surface area (Å²) in [5, 5.41) is 21.1. The van der Waals surface area contributed by atoms with Crippen molar-refractivity contribution in [3.63, 3.8) is 0 Å². The van der Waals surface area contributed by atoms with E-state index in [0.29, 0.717) is 0 Å². The van der Waals surface area contributed by atoms with Crippen LogP contribution in [-0.4, -0.2) is 42.3 Å². The molecule has 0 aliphatic heterocycles. The molecule has 2 aromatic rings. The third-order valence-corrected chi connectivity index (χ3v) is 5.57. The lowest BCUT2D eigenvalue weighted by molar-refractivity contribution is -0.387. The number of benzene rings is 1. The lowest BCUT2D eigenvalue weighted by Crippen LogP contribution is -2.33. The Kier molecular flexibility index (Phi) is 7.53. The van der Waals surface area contributed by atoms with Gasteiger partial charge in [-0.2, -0.15) is 5.26 Å². The highest BCUT2D eigenvalue weighted by molar-refractivity contribution is 7.92. The van der Waals surface area contributed by atoms with Crippen LogP contribution in [0.4, 0.5) is 16.3 Å². The molecular formula is C20H23N5O8S. The standard InChI is InChI=1S/C20H23N5O8S/c1-6-32-18(26)16-12(2)24(22-19(27)33-20(3,4)5)17(13(16)11-21)23-34(30,31)15-10-8-7-9-14(15)25(28)29/h7-10,23H,6H2,1-5H3,(H,22,27). The second-order valence-electron chi connectivity index (χ2n) is 7.80. The lowest BCUT2D eigenvalue weighted by atomic mass is 10.1. The van der Waals surface area contributed by atoms with E-state index in [1.54, 1.807) is 26.8 Å². The fourth-order valence-corrected chi connectivity index (χ4v) is 4.13. The molecule has 0 saturated carbocycles. The van der Waals surface area contributed by atoms with Crippen LogP contribution in [0.2, 0.25) is 0 Å². The van der Waals surface area contributed by atoms with E-state index in [-0.39, 0.29) is 17.9 Å². The van der Waals surface area contributed by atoms with E-state index in [9.17, 15) is 33.4 Å². The average Bonchev–Trinajstić information content (AvgIpc) is 2.97. The number of amides is 1. The van der Waals surface area contributed by atoms with Gasteiger partial charge in [-0.05, 0) is 40.7 Å². The molecule has 0 fully saturated rings. The van der Waals surface area contributed by atoms with Gasteiger partial charge in [-0.3, -0.25) is 14.8 Å². The molecule has 0 spiro atoms. The van der Waals surface area contributed by atoms with Crippen LogP contribution < -0.4 is 10.1 Å². The average molecular weight is 493 g/mol. The number of hydrogen-bond acceptors (Lipinski definition) is 9. The fourth-order valence-electron chi connectivity index (χ4n) is 2.90. The van der Waals surface area contributed by atoms with Crippen molar-refractivity contribution in [2.24, 2.45) is 0 Å². The largest absolute Gasteiger partial charge is 0.462 e. The van der Waals surface area contributed by atoms with Gasteiger partial charge >= 0.3 is 12.1 Å². The lowest BCUT2D eigenvalue weighted by Gasteiger charge is -2.21. The number of carbonyl (C=O) groups excluding carboxylic acids is 2. The van der Waals surface area contributed by atoms with Crippen molar-refractivity contribution < 1.29 is 32.4 Å². The van der Waals surface area contributed by atoms with Gasteiger partial charge in [-0.15, -0.1) is 0 Å². The predicted octanol–water partition coefficient (Wildman–Crippen LogP) is 3.03. The highest BCUT2D eigenvalue weighted by Crippen LogP contribution is 2.31. The van der Waals surface area contributed by atoms with E-state index >= 15 is 0 Å². The van der Waals surface area contributed by atoms with Gasteiger partial charge < -0.3 is 9.47 Å². The molecule has 182 valence electrons. The Morgan fingerprint density at radius 2 is 1.88 bits per heavy atom. The van der Waals surface area contributed by atoms with Crippen LogP contribution in [0.3, 0.4) is 0 Å². The molecule has 0 saturated heterocycles. The van der Waals surface area contributed by atoms with E-state index < -0.39 is 54.6 Å². The molecular weight excluding hydrogens is 470 g/mol. The van der Waals surface area contributed by atoms with Crippen LogP contribution in [0, 0.1) is 28.4 Å². The quantitative estimate of drug-likeness (QED) is 0.332. The van der Waals surface area contributed by atoms with Gasteiger partial charge in [0.15, 0.2) is 10.7 Å². The normalized spacial score (nSPS) is 11.3. The molecule has 0 radical (unpaired) electrons. The smallest absolute Gasteiger partial charge is 0.427 e. The van der Waals surface area contributed by atoms with E-state index in [0.717, 1.165) is 16.8 Å². The number of carbonyl (C=O) groups is 2. The number of nitrogens with one attached hydrogen (secondary N) is 2. The summed E-state index contributed by atoms with van der Waals surface area (Å²) >= 11 is 0. The summed E-state index contributed by atoms with van der Waals surface area (Å²) in [6.07, 6.45) is -1.02. The maximum Gasteiger partial charge on any atom is 0.427 e. The number of anilines is 1. The van der Waals surface area contributed by atoms with Gasteiger partial charge in [0.05, 0.1) is 17.2 Å². The summed E-state index contributed by atoms with van der Waals surface area (Å²) in [5.41, 5.74) is -0.168. The van der Waals surface area contributed by atoms with Gasteiger partial charge in [0.25, 0.3) is 15.7 Å². The topological polar surface area (TPSA) is 183 Å². The number of nitriles is 1. The minimum atomic E-state index is -4.66. The van der Waals surface area contributed by atoms with Gasteiger partial charge in [-0.25, -0.2) is 28.1 Å². The summed E-state index contributed by atoms with van der Waals surface area (Å²) in [6.45, 7) is 7.62. The first kappa shape index (κ1) is 26.1. The summed E-state index contributed by atoms with van der Waals surface area (Å²) < 4.78 is 39.2. The van der Waals surface area contributed by atoms with Gasteiger partial charge in [0.2, 0.25) is 0 Å². The van der Waals surface area contributed by atoms with Crippen molar-refractivity contribution in [1.29, 1.82) is 5.26 Å². The molecule has 0 atom stereocenters. The number of aromatic nitrogens is 1. The number of ether oxygens (including phenoxy) is 2. The molecule has 0 bridgehead atoms. The first-order valence-electron chi connectivity index (χ1n) is 9.82. The Morgan fingerprint density at radius 1 is 1.26 bits per heavy atom. The summed E-state index contributed by atoms with van der Waals surface area (Å²) in [7, 11) is -4.66. The number of para-hydroxylation sites is 1. The molecule has 0 aliphatic carbocycles. The molecule has 13 nitrogen and oxygen atoms in total. The van der Waals surface area contributed by atoms with E-state index in [1.807, 2.05) is 0 Å². The molecule has 1 aromatic carbocycles. The van der Waals surface area contributed by atoms with Gasteiger partial charge in [-0.1, -0.05) is 12.1 Å². The van der Waals surface area contributed by atoms with E-state index in [4.69, 9.17) is 9.47 Å². The number of nitro groups is 1. The Bertz CT molecular complexity index is 1290. The first-order valence-corrected chi connectivity index (χ1v) is 11.3. The third-order valence-electron chi connectivity index (χ3n) is 4.18. The zero-order valence-corrected chi connectivity index (χ0v) is 19.8. The Morgan fingerprint density at radius 3 is 2.41 bits per heavy atom. The highest BCUT2D eigenvalue weighted by atomic mass is 32.2. The van der Waals surface area contributed by atoms with E-state index in [2.05, 4.69) is 10.1 Å². The molecule has 0 aliphatic rings. The molecule has 1 aromatic heterocycles. The van der Waals surface area contributed by atoms with Crippen molar-refractivity contribution in [2.75, 3.05) is 16.8 Å². The zero-order chi connectivity index (χ0) is 25.8. The fraction of sp³-hybridized carbons (Fsp3) is 0.350. The maximum atomic E-state index is 13.1. The number of nitro benzene ring substituents is 1. The number of nitrogens with zero attached hydrogens (tertiary/aromatic N) is 3. The Hall–Kier alpha value is -4.12. The first-order chi connectivity index (χ1) is 15.7. The maximum absolute atomic E-state index is 13.1. The second kappa shape index (κ2) is 9.79. The van der Waals surface area contributed by atoms with Crippen LogP contribution in [0.15, 0.2) is 29.2 Å². The zero-order valence-electron chi connectivity index (χ0n) is 19.0. The molecule has 1 amide bonds. The van der Waals surface area contributed by atoms with Crippen LogP contribution in [-0.2, 0) is 19.5 Å². The summed E-state index contributed by atoms with van der Waals surface area (Å²) in [5.74, 6) is -1.47. The predicted molar refractivity (Wildman–Crippen MR) is 119 cm³/mol. The van der Waals surface area contributed by atoms with Crippen molar-refractivity contribution >= 4 is 33.6 Å². The molecule has 34 heavy (non-hydrogen) atoms. The summed E-state index contributed by atoms with van der Waals surface area (Å²) in [6, 6.07) is 6.28. The molecule has 2 N–H and O–H groups in total. The van der Waals surface area contributed by atoms with Crippen LogP contribution in [0.25, 0.3) is 0 Å². The van der Waals surface area contributed by atoms with E-state index in [1.165, 1.54) is 26.0 Å². The van der Waals surface area contributed by atoms with Crippen molar-refractivity contribution in [2.45, 2.75) is 45.1 Å². The Balaban J connectivity index is 2.71. The minimum absolute atomic E-state index is 0.0366. The monoisotopic (exact) mass is 493 g/mol. The number of hydrogen-bond donors (Lipinski definition) is 2. The van der Waals surface area contributed by atoms with Crippen molar-refractivity contribution in [3.8, 4) is 6.07 Å². The van der Waals surface area contributed by atoms with Crippen LogP contribution >= 0.6 is 0 Å². The number of rotatable bonds is 7.